The monoisotopic (exact) mass is 606 g/mol. The van der Waals surface area contributed by atoms with Crippen LogP contribution in [0.3, 0.4) is 0 Å². The van der Waals surface area contributed by atoms with Gasteiger partial charge in [0.05, 0.1) is 24.5 Å². The first-order valence-corrected chi connectivity index (χ1v) is 14.1. The summed E-state index contributed by atoms with van der Waals surface area (Å²) in [5.74, 6) is -2.40. The van der Waals surface area contributed by atoms with Crippen LogP contribution in [0.25, 0.3) is 0 Å². The number of carbonyl (C=O) groups is 3. The number of phenols is 1. The number of aryl methyl sites for hydroxylation is 1. The number of aliphatic hydroxyl groups excluding tert-OH is 5. The molecule has 13 nitrogen and oxygen atoms in total. The topological polar surface area (TPSA) is 210 Å². The summed E-state index contributed by atoms with van der Waals surface area (Å²) in [5.41, 5.74) is 1.05. The number of hydrogen-bond acceptors (Lipinski definition) is 13. The van der Waals surface area contributed by atoms with E-state index in [0.29, 0.717) is 6.42 Å². The van der Waals surface area contributed by atoms with E-state index in [-0.39, 0.29) is 55.0 Å². The van der Waals surface area contributed by atoms with E-state index in [4.69, 9.17) is 18.9 Å². The number of esters is 1. The highest BCUT2D eigenvalue weighted by atomic mass is 16.8. The summed E-state index contributed by atoms with van der Waals surface area (Å²) in [7, 11) is 0. The van der Waals surface area contributed by atoms with Crippen molar-refractivity contribution in [2.75, 3.05) is 6.61 Å². The summed E-state index contributed by atoms with van der Waals surface area (Å²) in [6, 6.07) is 6.45. The summed E-state index contributed by atoms with van der Waals surface area (Å²) < 4.78 is 22.2. The third kappa shape index (κ3) is 8.06. The van der Waals surface area contributed by atoms with Crippen LogP contribution in [0.2, 0.25) is 0 Å². The molecule has 13 heteroatoms. The molecule has 0 unspecified atom stereocenters. The Morgan fingerprint density at radius 3 is 2.42 bits per heavy atom. The highest BCUT2D eigenvalue weighted by molar-refractivity contribution is 5.90. The predicted molar refractivity (Wildman–Crippen MR) is 146 cm³/mol. The maximum atomic E-state index is 12.7. The fourth-order valence-corrected chi connectivity index (χ4v) is 5.57. The molecular weight excluding hydrogens is 568 g/mol. The fraction of sp³-hybridized carbons (Fsp3) is 0.567. The molecule has 1 aromatic rings. The van der Waals surface area contributed by atoms with Crippen LogP contribution in [0, 0.1) is 11.8 Å². The van der Waals surface area contributed by atoms with Gasteiger partial charge in [0.25, 0.3) is 0 Å². The number of aromatic hydroxyl groups is 1. The highest BCUT2D eigenvalue weighted by Crippen LogP contribution is 2.41. The zero-order chi connectivity index (χ0) is 31.3. The maximum Gasteiger partial charge on any atom is 0.337 e. The largest absolute Gasteiger partial charge is 0.508 e. The second kappa shape index (κ2) is 14.5. The Morgan fingerprint density at radius 1 is 1.05 bits per heavy atom. The molecule has 236 valence electrons. The van der Waals surface area contributed by atoms with E-state index in [9.17, 15) is 45.0 Å². The van der Waals surface area contributed by atoms with Crippen molar-refractivity contribution in [3.05, 3.63) is 54.3 Å². The van der Waals surface area contributed by atoms with E-state index in [1.807, 2.05) is 0 Å². The van der Waals surface area contributed by atoms with Gasteiger partial charge in [-0.2, -0.15) is 0 Å². The molecule has 0 radical (unpaired) electrons. The minimum atomic E-state index is -1.66. The van der Waals surface area contributed by atoms with E-state index in [0.717, 1.165) is 11.8 Å². The van der Waals surface area contributed by atoms with Gasteiger partial charge in [0.1, 0.15) is 47.8 Å². The van der Waals surface area contributed by atoms with E-state index < -0.39 is 73.6 Å². The summed E-state index contributed by atoms with van der Waals surface area (Å²) in [4.78, 5) is 37.8. The van der Waals surface area contributed by atoms with Crippen LogP contribution in [-0.4, -0.2) is 104 Å². The molecule has 0 aromatic heterocycles. The zero-order valence-electron chi connectivity index (χ0n) is 23.4. The Kier molecular flexibility index (Phi) is 11.1. The van der Waals surface area contributed by atoms with Gasteiger partial charge in [-0.3, -0.25) is 9.59 Å². The van der Waals surface area contributed by atoms with Gasteiger partial charge in [0.15, 0.2) is 6.29 Å². The van der Waals surface area contributed by atoms with Crippen LogP contribution in [0.1, 0.15) is 37.7 Å². The molecule has 0 aliphatic carbocycles. The number of ketones is 2. The summed E-state index contributed by atoms with van der Waals surface area (Å²) in [6.07, 6.45) is -7.92. The van der Waals surface area contributed by atoms with Crippen LogP contribution in [0.5, 0.6) is 5.75 Å². The minimum absolute atomic E-state index is 0.123. The Bertz CT molecular complexity index is 1180. The van der Waals surface area contributed by atoms with Crippen molar-refractivity contribution in [3.8, 4) is 5.75 Å². The molecule has 3 aliphatic heterocycles. The van der Waals surface area contributed by atoms with E-state index in [1.54, 1.807) is 12.1 Å². The lowest BCUT2D eigenvalue weighted by Gasteiger charge is -2.44. The van der Waals surface area contributed by atoms with Crippen molar-refractivity contribution in [2.24, 2.45) is 11.8 Å². The third-order valence-electron chi connectivity index (χ3n) is 7.93. The van der Waals surface area contributed by atoms with Gasteiger partial charge < -0.3 is 49.6 Å². The average molecular weight is 607 g/mol. The van der Waals surface area contributed by atoms with Crippen LogP contribution in [-0.2, 0) is 39.8 Å². The smallest absolute Gasteiger partial charge is 0.337 e. The molecule has 0 spiro atoms. The Labute approximate surface area is 247 Å². The molecular formula is C30H38O13. The van der Waals surface area contributed by atoms with Gasteiger partial charge >= 0.3 is 5.97 Å². The molecule has 3 aliphatic rings. The Hall–Kier alpha value is -3.17. The summed E-state index contributed by atoms with van der Waals surface area (Å²) in [6.45, 7) is 3.16. The van der Waals surface area contributed by atoms with Gasteiger partial charge in [-0.05, 0) is 30.5 Å². The molecule has 0 bridgehead atoms. The van der Waals surface area contributed by atoms with Crippen molar-refractivity contribution in [1.29, 1.82) is 0 Å². The van der Waals surface area contributed by atoms with Gasteiger partial charge in [0, 0.05) is 37.5 Å². The second-order valence-electron chi connectivity index (χ2n) is 11.1. The predicted octanol–water partition coefficient (Wildman–Crippen LogP) is -0.215. The molecule has 1 aromatic carbocycles. The van der Waals surface area contributed by atoms with Gasteiger partial charge in [-0.25, -0.2) is 4.79 Å². The lowest BCUT2D eigenvalue weighted by atomic mass is 9.78. The number of aliphatic hydroxyl groups is 5. The Balaban J connectivity index is 1.30. The number of phenolic OH excluding ortho intramolecular Hbond substituents is 1. The van der Waals surface area contributed by atoms with Crippen molar-refractivity contribution < 1.29 is 64.0 Å². The first-order chi connectivity index (χ1) is 20.5. The molecule has 6 N–H and O–H groups in total. The van der Waals surface area contributed by atoms with Crippen LogP contribution >= 0.6 is 0 Å². The minimum Gasteiger partial charge on any atom is -0.508 e. The molecule has 43 heavy (non-hydrogen) atoms. The molecule has 3 heterocycles. The highest BCUT2D eigenvalue weighted by Gasteiger charge is 2.49. The number of hydrogen-bond donors (Lipinski definition) is 6. The number of ether oxygens (including phenoxy) is 4. The maximum absolute atomic E-state index is 12.7. The number of Topliss-reactive ketones (excluding diaryl/α,β-unsaturated/α-hetero) is 2. The lowest BCUT2D eigenvalue weighted by molar-refractivity contribution is -0.339. The second-order valence-corrected chi connectivity index (χ2v) is 11.1. The van der Waals surface area contributed by atoms with Crippen molar-refractivity contribution in [3.63, 3.8) is 0 Å². The van der Waals surface area contributed by atoms with Crippen LogP contribution in [0.15, 0.2) is 48.8 Å². The van der Waals surface area contributed by atoms with E-state index >= 15 is 0 Å². The zero-order valence-corrected chi connectivity index (χ0v) is 23.4. The summed E-state index contributed by atoms with van der Waals surface area (Å²) in [5, 5.41) is 59.6. The summed E-state index contributed by atoms with van der Waals surface area (Å²) >= 11 is 0. The third-order valence-corrected chi connectivity index (χ3v) is 7.93. The number of benzene rings is 1. The molecule has 0 saturated carbocycles. The molecule has 10 atom stereocenters. The Morgan fingerprint density at radius 2 is 1.74 bits per heavy atom. The quantitative estimate of drug-likeness (QED) is 0.127. The number of carbonyl (C=O) groups excluding carboxylic acids is 3. The number of fused-ring (bicyclic) bond motifs is 1. The van der Waals surface area contributed by atoms with Gasteiger partial charge in [0.2, 0.25) is 6.29 Å². The van der Waals surface area contributed by atoms with E-state index in [2.05, 4.69) is 6.58 Å². The van der Waals surface area contributed by atoms with E-state index in [1.165, 1.54) is 18.2 Å². The average Bonchev–Trinajstić information content (AvgIpc) is 2.96. The van der Waals surface area contributed by atoms with Crippen LogP contribution in [0.4, 0.5) is 0 Å². The molecule has 2 saturated heterocycles. The SMILES string of the molecule is C=C[C@H]1[C@H](O[C@@H]2O[C@H](CO)[C@@H](O)[C@H](O)[C@H]2O)OC=C2C(=O)O[C@@H](CC(=O)C[C@@H](O)CC(=O)CCc3ccc(O)cc3)C[C@H]21. The van der Waals surface area contributed by atoms with Gasteiger partial charge in [-0.15, -0.1) is 6.58 Å². The van der Waals surface area contributed by atoms with Crippen molar-refractivity contribution >= 4 is 17.5 Å². The van der Waals surface area contributed by atoms with Gasteiger partial charge in [-0.1, -0.05) is 18.2 Å². The first-order valence-electron chi connectivity index (χ1n) is 14.1. The molecule has 2 fully saturated rings. The normalized spacial score (nSPS) is 32.9. The molecule has 0 amide bonds. The number of cyclic esters (lactones) is 1. The first kappa shape index (κ1) is 32.7. The standard InChI is InChI=1S/C30H38O13/c1-2-21-22-12-20(11-19(35)10-18(34)9-17(33)8-5-15-3-6-16(32)7-4-15)41-28(39)23(22)14-40-29(21)43-30-27(38)26(37)25(36)24(13-31)42-30/h2-4,6-7,14,18,20-22,24-27,29-32,34,36-38H,1,5,8-13H2/t18-,20-,21+,22-,24+,25+,26-,27+,29-,30-/m0/s1. The lowest BCUT2D eigenvalue weighted by Crippen LogP contribution is -2.60. The molecule has 4 rings (SSSR count). The fourth-order valence-electron chi connectivity index (χ4n) is 5.57. The van der Waals surface area contributed by atoms with Crippen molar-refractivity contribution in [2.45, 2.75) is 87.7 Å². The number of rotatable bonds is 13. The van der Waals surface area contributed by atoms with Crippen molar-refractivity contribution in [1.82, 2.24) is 0 Å². The van der Waals surface area contributed by atoms with Crippen LogP contribution < -0.4 is 0 Å².